The van der Waals surface area contributed by atoms with Gasteiger partial charge in [0.25, 0.3) is 0 Å². The van der Waals surface area contributed by atoms with Crippen molar-refractivity contribution in [2.24, 2.45) is 0 Å². The first-order valence-corrected chi connectivity index (χ1v) is 4.89. The van der Waals surface area contributed by atoms with Gasteiger partial charge in [-0.15, -0.1) is 0 Å². The van der Waals surface area contributed by atoms with Crippen LogP contribution in [-0.4, -0.2) is 17.8 Å². The van der Waals surface area contributed by atoms with Crippen molar-refractivity contribution in [3.8, 4) is 6.07 Å². The molecule has 86 valence electrons. The lowest BCUT2D eigenvalue weighted by Gasteiger charge is -2.12. The molecule has 1 aromatic rings. The lowest BCUT2D eigenvalue weighted by molar-refractivity contribution is 0.183. The second-order valence-corrected chi connectivity index (χ2v) is 3.37. The Morgan fingerprint density at radius 1 is 1.44 bits per heavy atom. The zero-order valence-corrected chi connectivity index (χ0v) is 8.80. The fourth-order valence-corrected chi connectivity index (χ4v) is 1.17. The largest absolute Gasteiger partial charge is 0.391 e. The molecule has 0 bridgehead atoms. The van der Waals surface area contributed by atoms with Gasteiger partial charge in [-0.25, -0.2) is 8.78 Å². The SMILES string of the molecule is CCC(O)CNc1c(F)cc(C#N)cc1F. The van der Waals surface area contributed by atoms with E-state index in [0.29, 0.717) is 6.42 Å². The van der Waals surface area contributed by atoms with Gasteiger partial charge < -0.3 is 10.4 Å². The van der Waals surface area contributed by atoms with Crippen LogP contribution in [0.1, 0.15) is 18.9 Å². The van der Waals surface area contributed by atoms with E-state index in [0.717, 1.165) is 12.1 Å². The molecule has 0 aliphatic heterocycles. The molecule has 0 heterocycles. The predicted molar refractivity (Wildman–Crippen MR) is 55.9 cm³/mol. The first-order valence-electron chi connectivity index (χ1n) is 4.89. The Labute approximate surface area is 92.3 Å². The van der Waals surface area contributed by atoms with Crippen LogP contribution in [0.2, 0.25) is 0 Å². The Hall–Kier alpha value is -1.67. The molecule has 0 amide bonds. The minimum Gasteiger partial charge on any atom is -0.391 e. The number of benzene rings is 1. The van der Waals surface area contributed by atoms with E-state index >= 15 is 0 Å². The molecular formula is C11H12F2N2O. The summed E-state index contributed by atoms with van der Waals surface area (Å²) in [6.07, 6.45) is -0.165. The van der Waals surface area contributed by atoms with Crippen LogP contribution < -0.4 is 5.32 Å². The average Bonchev–Trinajstić information content (AvgIpc) is 2.27. The number of hydrogen-bond acceptors (Lipinski definition) is 3. The molecule has 0 spiro atoms. The molecule has 16 heavy (non-hydrogen) atoms. The van der Waals surface area contributed by atoms with Gasteiger partial charge in [0, 0.05) is 6.54 Å². The van der Waals surface area contributed by atoms with Crippen molar-refractivity contribution in [3.63, 3.8) is 0 Å². The predicted octanol–water partition coefficient (Wildman–Crippen LogP) is 2.02. The highest BCUT2D eigenvalue weighted by atomic mass is 19.1. The number of rotatable bonds is 4. The quantitative estimate of drug-likeness (QED) is 0.825. The van der Waals surface area contributed by atoms with Crippen LogP contribution in [0, 0.1) is 23.0 Å². The summed E-state index contributed by atoms with van der Waals surface area (Å²) < 4.78 is 26.6. The maximum Gasteiger partial charge on any atom is 0.150 e. The third-order valence-corrected chi connectivity index (χ3v) is 2.16. The van der Waals surface area contributed by atoms with Crippen molar-refractivity contribution >= 4 is 5.69 Å². The summed E-state index contributed by atoms with van der Waals surface area (Å²) in [5.74, 6) is -1.67. The summed E-state index contributed by atoms with van der Waals surface area (Å²) in [7, 11) is 0. The molecule has 0 fully saturated rings. The minimum absolute atomic E-state index is 0.0657. The molecule has 0 aliphatic rings. The van der Waals surface area contributed by atoms with E-state index < -0.39 is 17.7 Å². The minimum atomic E-state index is -0.833. The summed E-state index contributed by atoms with van der Waals surface area (Å²) in [6.45, 7) is 1.83. The Kier molecular flexibility index (Phi) is 4.20. The van der Waals surface area contributed by atoms with Crippen LogP contribution in [0.15, 0.2) is 12.1 Å². The number of nitrogens with one attached hydrogen (secondary N) is 1. The molecule has 0 radical (unpaired) electrons. The number of nitriles is 1. The summed E-state index contributed by atoms with van der Waals surface area (Å²) >= 11 is 0. The second kappa shape index (κ2) is 5.42. The van der Waals surface area contributed by atoms with Crippen molar-refractivity contribution in [2.75, 3.05) is 11.9 Å². The second-order valence-electron chi connectivity index (χ2n) is 3.37. The van der Waals surface area contributed by atoms with Crippen molar-refractivity contribution in [1.29, 1.82) is 5.26 Å². The number of halogens is 2. The lowest BCUT2D eigenvalue weighted by Crippen LogP contribution is -2.19. The molecule has 0 saturated carbocycles. The molecule has 3 nitrogen and oxygen atoms in total. The molecule has 0 saturated heterocycles. The zero-order valence-electron chi connectivity index (χ0n) is 8.80. The highest BCUT2D eigenvalue weighted by Gasteiger charge is 2.11. The van der Waals surface area contributed by atoms with Gasteiger partial charge in [0.2, 0.25) is 0 Å². The number of nitrogens with zero attached hydrogens (tertiary/aromatic N) is 1. The van der Waals surface area contributed by atoms with Crippen molar-refractivity contribution < 1.29 is 13.9 Å². The molecule has 1 atom stereocenters. The zero-order chi connectivity index (χ0) is 12.1. The normalized spacial score (nSPS) is 11.9. The number of aliphatic hydroxyl groups excluding tert-OH is 1. The number of hydrogen-bond donors (Lipinski definition) is 2. The molecule has 5 heteroatoms. The molecule has 0 aliphatic carbocycles. The van der Waals surface area contributed by atoms with Crippen molar-refractivity contribution in [1.82, 2.24) is 0 Å². The smallest absolute Gasteiger partial charge is 0.150 e. The van der Waals surface area contributed by atoms with Gasteiger partial charge >= 0.3 is 0 Å². The highest BCUT2D eigenvalue weighted by molar-refractivity contribution is 5.50. The maximum absolute atomic E-state index is 13.3. The van der Waals surface area contributed by atoms with Gasteiger partial charge in [-0.2, -0.15) is 5.26 Å². The Bertz CT molecular complexity index is 392. The van der Waals surface area contributed by atoms with Gasteiger partial charge in [0.05, 0.1) is 17.7 Å². The Balaban J connectivity index is 2.85. The van der Waals surface area contributed by atoms with Crippen LogP contribution in [0.25, 0.3) is 0 Å². The highest BCUT2D eigenvalue weighted by Crippen LogP contribution is 2.20. The molecule has 0 aromatic heterocycles. The van der Waals surface area contributed by atoms with E-state index in [-0.39, 0.29) is 17.8 Å². The van der Waals surface area contributed by atoms with Crippen molar-refractivity contribution in [2.45, 2.75) is 19.4 Å². The van der Waals surface area contributed by atoms with E-state index in [2.05, 4.69) is 5.32 Å². The monoisotopic (exact) mass is 226 g/mol. The van der Waals surface area contributed by atoms with E-state index in [9.17, 15) is 13.9 Å². The van der Waals surface area contributed by atoms with E-state index in [1.165, 1.54) is 0 Å². The lowest BCUT2D eigenvalue weighted by atomic mass is 10.2. The van der Waals surface area contributed by atoms with Gasteiger partial charge in [-0.1, -0.05) is 6.92 Å². The molecule has 1 aromatic carbocycles. The van der Waals surface area contributed by atoms with E-state index in [1.54, 1.807) is 13.0 Å². The van der Waals surface area contributed by atoms with E-state index in [1.807, 2.05) is 0 Å². The standard InChI is InChI=1S/C11H12F2N2O/c1-2-8(16)6-15-11-9(12)3-7(5-14)4-10(11)13/h3-4,8,15-16H,2,6H2,1H3. The molecule has 2 N–H and O–H groups in total. The van der Waals surface area contributed by atoms with Gasteiger partial charge in [0.1, 0.15) is 5.69 Å². The Morgan fingerprint density at radius 3 is 2.44 bits per heavy atom. The summed E-state index contributed by atoms with van der Waals surface area (Å²) in [6, 6.07) is 3.55. The third kappa shape index (κ3) is 2.91. The number of aliphatic hydroxyl groups is 1. The van der Waals surface area contributed by atoms with Gasteiger partial charge in [0.15, 0.2) is 11.6 Å². The topological polar surface area (TPSA) is 56.0 Å². The molecule has 1 unspecified atom stereocenters. The van der Waals surface area contributed by atoms with Crippen LogP contribution in [0.5, 0.6) is 0 Å². The van der Waals surface area contributed by atoms with Crippen LogP contribution in [0.4, 0.5) is 14.5 Å². The van der Waals surface area contributed by atoms with Crippen LogP contribution in [0.3, 0.4) is 0 Å². The Morgan fingerprint density at radius 2 is 2.00 bits per heavy atom. The fourth-order valence-electron chi connectivity index (χ4n) is 1.17. The molecule has 1 rings (SSSR count). The van der Waals surface area contributed by atoms with E-state index in [4.69, 9.17) is 5.26 Å². The summed E-state index contributed by atoms with van der Waals surface area (Å²) in [4.78, 5) is 0. The third-order valence-electron chi connectivity index (χ3n) is 2.16. The first kappa shape index (κ1) is 12.4. The fraction of sp³-hybridized carbons (Fsp3) is 0.364. The van der Waals surface area contributed by atoms with Gasteiger partial charge in [-0.3, -0.25) is 0 Å². The van der Waals surface area contributed by atoms with Crippen molar-refractivity contribution in [3.05, 3.63) is 29.3 Å². The summed E-state index contributed by atoms with van der Waals surface area (Å²) in [5, 5.41) is 20.2. The number of anilines is 1. The van der Waals surface area contributed by atoms with Crippen LogP contribution in [-0.2, 0) is 0 Å². The molecular weight excluding hydrogens is 214 g/mol. The van der Waals surface area contributed by atoms with Gasteiger partial charge in [-0.05, 0) is 18.6 Å². The summed E-state index contributed by atoms with van der Waals surface area (Å²) in [5.41, 5.74) is -0.386. The first-order chi connectivity index (χ1) is 7.58. The maximum atomic E-state index is 13.3. The average molecular weight is 226 g/mol. The van der Waals surface area contributed by atoms with Crippen LogP contribution >= 0.6 is 0 Å².